The largest absolute Gasteiger partial charge is 0.357 e. The molecule has 1 saturated carbocycles. The predicted molar refractivity (Wildman–Crippen MR) is 88.6 cm³/mol. The second-order valence-electron chi connectivity index (χ2n) is 6.85. The van der Waals surface area contributed by atoms with Gasteiger partial charge in [-0.25, -0.2) is 4.98 Å². The number of pyridine rings is 1. The van der Waals surface area contributed by atoms with E-state index in [1.54, 1.807) is 0 Å². The number of piperidine rings is 1. The standard InChI is InChI=1S/C18H29N3/c1-2-19-15-16-6-11-20-17(14-16)21-12-9-18(10-13-21)7-4-3-5-8-18/h6,11,14,19H,2-5,7-10,12-13,15H2,1H3. The topological polar surface area (TPSA) is 28.2 Å². The molecule has 3 heteroatoms. The molecule has 0 bridgehead atoms. The molecule has 116 valence electrons. The van der Waals surface area contributed by atoms with Gasteiger partial charge in [-0.15, -0.1) is 0 Å². The first-order chi connectivity index (χ1) is 10.3. The molecule has 1 spiro atoms. The molecule has 3 rings (SSSR count). The van der Waals surface area contributed by atoms with Crippen LogP contribution in [0.15, 0.2) is 18.3 Å². The first-order valence-corrected chi connectivity index (χ1v) is 8.72. The maximum atomic E-state index is 4.60. The highest BCUT2D eigenvalue weighted by Gasteiger charge is 2.35. The minimum absolute atomic E-state index is 0.677. The van der Waals surface area contributed by atoms with Crippen molar-refractivity contribution in [3.05, 3.63) is 23.9 Å². The van der Waals surface area contributed by atoms with E-state index in [-0.39, 0.29) is 0 Å². The highest BCUT2D eigenvalue weighted by Crippen LogP contribution is 2.44. The van der Waals surface area contributed by atoms with E-state index in [1.165, 1.54) is 69.4 Å². The Kier molecular flexibility index (Phi) is 4.79. The molecule has 0 aromatic carbocycles. The van der Waals surface area contributed by atoms with Gasteiger partial charge in [0.05, 0.1) is 0 Å². The Labute approximate surface area is 129 Å². The molecule has 1 aromatic heterocycles. The quantitative estimate of drug-likeness (QED) is 0.914. The average Bonchev–Trinajstić information content (AvgIpc) is 2.55. The second kappa shape index (κ2) is 6.78. The lowest BCUT2D eigenvalue weighted by molar-refractivity contribution is 0.144. The van der Waals surface area contributed by atoms with Crippen molar-refractivity contribution in [1.29, 1.82) is 0 Å². The number of hydrogen-bond acceptors (Lipinski definition) is 3. The van der Waals surface area contributed by atoms with Gasteiger partial charge in [0.25, 0.3) is 0 Å². The molecule has 3 nitrogen and oxygen atoms in total. The van der Waals surface area contributed by atoms with E-state index < -0.39 is 0 Å². The van der Waals surface area contributed by atoms with Crippen LogP contribution in [0.3, 0.4) is 0 Å². The fraction of sp³-hybridized carbons (Fsp3) is 0.722. The molecule has 1 aliphatic carbocycles. The van der Waals surface area contributed by atoms with Gasteiger partial charge in [0.15, 0.2) is 0 Å². The van der Waals surface area contributed by atoms with Gasteiger partial charge >= 0.3 is 0 Å². The maximum Gasteiger partial charge on any atom is 0.128 e. The summed E-state index contributed by atoms with van der Waals surface area (Å²) >= 11 is 0. The van der Waals surface area contributed by atoms with Gasteiger partial charge in [-0.2, -0.15) is 0 Å². The van der Waals surface area contributed by atoms with Gasteiger partial charge in [-0.05, 0) is 55.3 Å². The fourth-order valence-corrected chi connectivity index (χ4v) is 4.02. The SMILES string of the molecule is CCNCc1ccnc(N2CCC3(CCCCC3)CC2)c1. The third kappa shape index (κ3) is 3.57. The Morgan fingerprint density at radius 2 is 1.90 bits per heavy atom. The third-order valence-electron chi connectivity index (χ3n) is 5.45. The Hall–Kier alpha value is -1.09. The van der Waals surface area contributed by atoms with Crippen LogP contribution in [0, 0.1) is 5.41 Å². The summed E-state index contributed by atoms with van der Waals surface area (Å²) in [6.45, 7) is 6.50. The second-order valence-corrected chi connectivity index (χ2v) is 6.85. The van der Waals surface area contributed by atoms with Crippen molar-refractivity contribution < 1.29 is 0 Å². The molecule has 1 N–H and O–H groups in total. The van der Waals surface area contributed by atoms with Crippen LogP contribution in [0.4, 0.5) is 5.82 Å². The van der Waals surface area contributed by atoms with Crippen molar-refractivity contribution in [1.82, 2.24) is 10.3 Å². The molecule has 1 aromatic rings. The van der Waals surface area contributed by atoms with Crippen LogP contribution in [0.5, 0.6) is 0 Å². The number of aromatic nitrogens is 1. The van der Waals surface area contributed by atoms with E-state index in [1.807, 2.05) is 6.20 Å². The molecule has 1 aliphatic heterocycles. The highest BCUT2D eigenvalue weighted by molar-refractivity contribution is 5.41. The fourth-order valence-electron chi connectivity index (χ4n) is 4.02. The summed E-state index contributed by atoms with van der Waals surface area (Å²) in [7, 11) is 0. The summed E-state index contributed by atoms with van der Waals surface area (Å²) in [6.07, 6.45) is 12.0. The van der Waals surface area contributed by atoms with Crippen LogP contribution < -0.4 is 10.2 Å². The van der Waals surface area contributed by atoms with E-state index in [0.29, 0.717) is 5.41 Å². The molecular weight excluding hydrogens is 258 g/mol. The minimum atomic E-state index is 0.677. The van der Waals surface area contributed by atoms with Crippen LogP contribution >= 0.6 is 0 Å². The first-order valence-electron chi connectivity index (χ1n) is 8.72. The Bertz CT molecular complexity index is 442. The molecule has 2 aliphatic rings. The smallest absolute Gasteiger partial charge is 0.128 e. The van der Waals surface area contributed by atoms with Gasteiger partial charge in [0.1, 0.15) is 5.82 Å². The van der Waals surface area contributed by atoms with E-state index >= 15 is 0 Å². The van der Waals surface area contributed by atoms with E-state index in [9.17, 15) is 0 Å². The minimum Gasteiger partial charge on any atom is -0.357 e. The van der Waals surface area contributed by atoms with E-state index in [2.05, 4.69) is 34.3 Å². The summed E-state index contributed by atoms with van der Waals surface area (Å²) in [6, 6.07) is 4.39. The van der Waals surface area contributed by atoms with Gasteiger partial charge in [-0.3, -0.25) is 0 Å². The highest BCUT2D eigenvalue weighted by atomic mass is 15.2. The van der Waals surface area contributed by atoms with E-state index in [4.69, 9.17) is 0 Å². The Morgan fingerprint density at radius 3 is 2.62 bits per heavy atom. The number of hydrogen-bond donors (Lipinski definition) is 1. The van der Waals surface area contributed by atoms with Gasteiger partial charge < -0.3 is 10.2 Å². The molecule has 21 heavy (non-hydrogen) atoms. The van der Waals surface area contributed by atoms with Crippen molar-refractivity contribution >= 4 is 5.82 Å². The van der Waals surface area contributed by atoms with Gasteiger partial charge in [0.2, 0.25) is 0 Å². The third-order valence-corrected chi connectivity index (χ3v) is 5.45. The lowest BCUT2D eigenvalue weighted by atomic mass is 9.68. The summed E-state index contributed by atoms with van der Waals surface area (Å²) < 4.78 is 0. The van der Waals surface area contributed by atoms with Crippen molar-refractivity contribution in [3.8, 4) is 0 Å². The zero-order chi connectivity index (χ0) is 14.5. The summed E-state index contributed by atoms with van der Waals surface area (Å²) in [4.78, 5) is 7.10. The number of nitrogens with one attached hydrogen (secondary N) is 1. The molecule has 0 radical (unpaired) electrons. The first kappa shape index (κ1) is 14.8. The molecule has 2 fully saturated rings. The number of rotatable bonds is 4. The monoisotopic (exact) mass is 287 g/mol. The van der Waals surface area contributed by atoms with Crippen molar-refractivity contribution in [2.75, 3.05) is 24.5 Å². The van der Waals surface area contributed by atoms with Crippen LogP contribution in [-0.2, 0) is 6.54 Å². The molecular formula is C18H29N3. The zero-order valence-corrected chi connectivity index (χ0v) is 13.4. The molecule has 0 atom stereocenters. The van der Waals surface area contributed by atoms with Crippen LogP contribution in [0.25, 0.3) is 0 Å². The predicted octanol–water partition coefficient (Wildman–Crippen LogP) is 3.74. The van der Waals surface area contributed by atoms with Crippen molar-refractivity contribution in [2.24, 2.45) is 5.41 Å². The molecule has 0 unspecified atom stereocenters. The van der Waals surface area contributed by atoms with Crippen LogP contribution in [-0.4, -0.2) is 24.6 Å². The van der Waals surface area contributed by atoms with Crippen molar-refractivity contribution in [3.63, 3.8) is 0 Å². The summed E-state index contributed by atoms with van der Waals surface area (Å²) in [5.74, 6) is 1.18. The number of nitrogens with zero attached hydrogens (tertiary/aromatic N) is 2. The van der Waals surface area contributed by atoms with Crippen molar-refractivity contribution in [2.45, 2.75) is 58.4 Å². The summed E-state index contributed by atoms with van der Waals surface area (Å²) in [5, 5.41) is 3.39. The maximum absolute atomic E-state index is 4.60. The summed E-state index contributed by atoms with van der Waals surface area (Å²) in [5.41, 5.74) is 2.02. The van der Waals surface area contributed by atoms with Gasteiger partial charge in [0, 0.05) is 25.8 Å². The number of anilines is 1. The van der Waals surface area contributed by atoms with Crippen LogP contribution in [0.1, 0.15) is 57.4 Å². The molecule has 2 heterocycles. The Balaban J connectivity index is 1.61. The zero-order valence-electron chi connectivity index (χ0n) is 13.4. The normalized spacial score (nSPS) is 21.7. The molecule has 1 saturated heterocycles. The lowest BCUT2D eigenvalue weighted by Crippen LogP contribution is -2.41. The Morgan fingerprint density at radius 1 is 1.14 bits per heavy atom. The van der Waals surface area contributed by atoms with Crippen LogP contribution in [0.2, 0.25) is 0 Å². The average molecular weight is 287 g/mol. The van der Waals surface area contributed by atoms with E-state index in [0.717, 1.165) is 13.1 Å². The lowest BCUT2D eigenvalue weighted by Gasteiger charge is -2.44. The molecule has 0 amide bonds. The van der Waals surface area contributed by atoms with Gasteiger partial charge in [-0.1, -0.05) is 26.2 Å².